The Labute approximate surface area is 173 Å². The van der Waals surface area contributed by atoms with E-state index in [0.717, 1.165) is 4.31 Å². The van der Waals surface area contributed by atoms with Crippen LogP contribution in [0.1, 0.15) is 47.5 Å². The smallest absolute Gasteiger partial charge is 0.277 e. The van der Waals surface area contributed by atoms with Crippen molar-refractivity contribution in [1.82, 2.24) is 9.29 Å². The molecule has 0 saturated heterocycles. The third-order valence-corrected chi connectivity index (χ3v) is 8.68. The molecule has 4 rings (SSSR count). The number of oxazole rings is 1. The summed E-state index contributed by atoms with van der Waals surface area (Å²) in [5.41, 5.74) is 4.87. The van der Waals surface area contributed by atoms with Gasteiger partial charge < -0.3 is 15.5 Å². The van der Waals surface area contributed by atoms with Crippen LogP contribution in [0.3, 0.4) is 0 Å². The van der Waals surface area contributed by atoms with Crippen LogP contribution in [0.15, 0.2) is 27.6 Å². The van der Waals surface area contributed by atoms with Gasteiger partial charge in [-0.05, 0) is 44.9 Å². The normalized spacial score (nSPS) is 23.9. The lowest BCUT2D eigenvalue weighted by atomic mass is 9.86. The molecule has 1 saturated carbocycles. The van der Waals surface area contributed by atoms with Gasteiger partial charge in [0, 0.05) is 25.2 Å². The number of nitrogens with zero attached hydrogens (tertiary/aromatic N) is 3. The molecule has 1 aliphatic carbocycles. The first-order valence-electron chi connectivity index (χ1n) is 9.32. The molecule has 1 amide bonds. The topological polar surface area (TPSA) is 131 Å². The number of aliphatic imine (C=N–C) groups is 1. The number of anilines is 1. The van der Waals surface area contributed by atoms with Crippen LogP contribution in [-0.4, -0.2) is 41.4 Å². The molecule has 1 aromatic carbocycles. The molecule has 2 heterocycles. The van der Waals surface area contributed by atoms with E-state index in [-0.39, 0.29) is 22.9 Å². The summed E-state index contributed by atoms with van der Waals surface area (Å²) in [6.45, 7) is 4.80. The summed E-state index contributed by atoms with van der Waals surface area (Å²) in [5.74, 6) is -0.659. The molecule has 1 aliphatic heterocycles. The number of amides is 1. The fourth-order valence-corrected chi connectivity index (χ4v) is 6.19. The number of nitrogens with one attached hydrogen (secondary N) is 1. The number of benzene rings is 1. The van der Waals surface area contributed by atoms with Gasteiger partial charge in [0.25, 0.3) is 5.91 Å². The molecule has 11 heteroatoms. The van der Waals surface area contributed by atoms with Crippen molar-refractivity contribution in [2.24, 2.45) is 10.7 Å². The second-order valence-electron chi connectivity index (χ2n) is 7.80. The molecule has 3 N–H and O–H groups in total. The number of rotatable bonds is 3. The van der Waals surface area contributed by atoms with Crippen molar-refractivity contribution in [1.29, 1.82) is 0 Å². The van der Waals surface area contributed by atoms with E-state index in [1.165, 1.54) is 25.2 Å². The first kappa shape index (κ1) is 20.3. The van der Waals surface area contributed by atoms with E-state index in [1.54, 1.807) is 20.8 Å². The van der Waals surface area contributed by atoms with Gasteiger partial charge in [-0.25, -0.2) is 27.1 Å². The van der Waals surface area contributed by atoms with Crippen LogP contribution in [0.25, 0.3) is 0 Å². The molecule has 160 valence electrons. The maximum atomic E-state index is 14.9. The van der Waals surface area contributed by atoms with Gasteiger partial charge in [0.05, 0.1) is 0 Å². The first-order valence-corrected chi connectivity index (χ1v) is 10.8. The Morgan fingerprint density at radius 3 is 2.57 bits per heavy atom. The van der Waals surface area contributed by atoms with Crippen molar-refractivity contribution in [2.45, 2.75) is 43.9 Å². The van der Waals surface area contributed by atoms with Crippen molar-refractivity contribution >= 4 is 27.6 Å². The highest BCUT2D eigenvalue weighted by molar-refractivity contribution is 7.91. The standard InChI is InChI=1S/C19H22FN5O4S/c1-10-15(22-11(2)29-10)16(26)23-12-5-6-14(20)13(9-12)18(3)19(7-8-19)30(27,28)25(4)17(21)24-18/h5-6,9H,7-8H2,1-4H3,(H2,21,24)(H,23,26). The molecule has 9 nitrogen and oxygen atoms in total. The highest BCUT2D eigenvalue weighted by Gasteiger charge is 2.70. The average Bonchev–Trinajstić information content (AvgIpc) is 3.42. The van der Waals surface area contributed by atoms with Gasteiger partial charge in [-0.3, -0.25) is 4.79 Å². The van der Waals surface area contributed by atoms with Gasteiger partial charge >= 0.3 is 0 Å². The van der Waals surface area contributed by atoms with E-state index in [0.29, 0.717) is 24.5 Å². The largest absolute Gasteiger partial charge is 0.445 e. The molecule has 2 aromatic rings. The summed E-state index contributed by atoms with van der Waals surface area (Å²) in [6.07, 6.45) is 0.667. The molecule has 1 fully saturated rings. The Bertz CT molecular complexity index is 1200. The molecule has 1 aromatic heterocycles. The number of halogens is 1. The van der Waals surface area contributed by atoms with Crippen molar-refractivity contribution in [3.8, 4) is 0 Å². The zero-order chi connectivity index (χ0) is 22.1. The van der Waals surface area contributed by atoms with Crippen molar-refractivity contribution in [3.05, 3.63) is 46.9 Å². The van der Waals surface area contributed by atoms with E-state index in [1.807, 2.05) is 0 Å². The van der Waals surface area contributed by atoms with Crippen LogP contribution in [0.2, 0.25) is 0 Å². The van der Waals surface area contributed by atoms with Crippen LogP contribution >= 0.6 is 0 Å². The molecule has 0 radical (unpaired) electrons. The third kappa shape index (κ3) is 2.64. The lowest BCUT2D eigenvalue weighted by molar-refractivity contribution is 0.102. The quantitative estimate of drug-likeness (QED) is 0.758. The number of carbonyl (C=O) groups is 1. The van der Waals surface area contributed by atoms with Crippen LogP contribution in [0.5, 0.6) is 0 Å². The Balaban J connectivity index is 1.77. The minimum Gasteiger partial charge on any atom is -0.445 e. The summed E-state index contributed by atoms with van der Waals surface area (Å²) >= 11 is 0. The zero-order valence-electron chi connectivity index (χ0n) is 17.0. The van der Waals surface area contributed by atoms with Gasteiger partial charge in [0.1, 0.15) is 21.9 Å². The highest BCUT2D eigenvalue weighted by atomic mass is 32.2. The number of carbonyl (C=O) groups excluding carboxylic acids is 1. The zero-order valence-corrected chi connectivity index (χ0v) is 17.8. The molecule has 1 atom stereocenters. The fourth-order valence-electron chi connectivity index (χ4n) is 4.11. The van der Waals surface area contributed by atoms with Crippen LogP contribution in [-0.2, 0) is 15.6 Å². The summed E-state index contributed by atoms with van der Waals surface area (Å²) in [4.78, 5) is 21.0. The van der Waals surface area contributed by atoms with Crippen LogP contribution in [0, 0.1) is 19.7 Å². The lowest BCUT2D eigenvalue weighted by Gasteiger charge is -2.42. The SMILES string of the molecule is Cc1nc(C(=O)Nc2ccc(F)c(C3(C)N=C(N)N(C)S(=O)(=O)C34CC4)c2)c(C)o1. The van der Waals surface area contributed by atoms with Gasteiger partial charge in [-0.15, -0.1) is 0 Å². The van der Waals surface area contributed by atoms with Gasteiger partial charge in [0.2, 0.25) is 16.0 Å². The number of sulfonamides is 1. The minimum atomic E-state index is -3.83. The van der Waals surface area contributed by atoms with Crippen LogP contribution < -0.4 is 11.1 Å². The number of nitrogens with two attached hydrogens (primary N) is 1. The summed E-state index contributed by atoms with van der Waals surface area (Å²) in [7, 11) is -2.49. The Morgan fingerprint density at radius 1 is 1.33 bits per heavy atom. The van der Waals surface area contributed by atoms with E-state index >= 15 is 0 Å². The molecule has 0 bridgehead atoms. The van der Waals surface area contributed by atoms with E-state index in [4.69, 9.17) is 10.2 Å². The Kier molecular flexibility index (Phi) is 4.25. The fraction of sp³-hybridized carbons (Fsp3) is 0.421. The Hall–Kier alpha value is -2.95. The lowest BCUT2D eigenvalue weighted by Crippen LogP contribution is -2.58. The van der Waals surface area contributed by atoms with Crippen LogP contribution in [0.4, 0.5) is 10.1 Å². The molecule has 2 aliphatic rings. The van der Waals surface area contributed by atoms with Crippen molar-refractivity contribution < 1.29 is 22.0 Å². The van der Waals surface area contributed by atoms with Gasteiger partial charge in [-0.2, -0.15) is 0 Å². The number of aryl methyl sites for hydroxylation is 2. The predicted molar refractivity (Wildman–Crippen MR) is 108 cm³/mol. The molecule has 30 heavy (non-hydrogen) atoms. The average molecular weight is 435 g/mol. The maximum Gasteiger partial charge on any atom is 0.277 e. The van der Waals surface area contributed by atoms with Crippen molar-refractivity contribution in [3.63, 3.8) is 0 Å². The number of hydrogen-bond donors (Lipinski definition) is 2. The molecule has 1 unspecified atom stereocenters. The second kappa shape index (κ2) is 6.27. The van der Waals surface area contributed by atoms with E-state index < -0.39 is 32.0 Å². The number of aromatic nitrogens is 1. The minimum absolute atomic E-state index is 0.0467. The number of guanidine groups is 1. The van der Waals surface area contributed by atoms with Gasteiger partial charge in [-0.1, -0.05) is 0 Å². The van der Waals surface area contributed by atoms with Crippen molar-refractivity contribution in [2.75, 3.05) is 12.4 Å². The highest BCUT2D eigenvalue weighted by Crippen LogP contribution is 2.60. The third-order valence-electron chi connectivity index (χ3n) is 5.97. The Morgan fingerprint density at radius 2 is 2.00 bits per heavy atom. The maximum absolute atomic E-state index is 14.9. The molecule has 1 spiro atoms. The summed E-state index contributed by atoms with van der Waals surface area (Å²) in [5, 5.41) is 2.66. The molecular weight excluding hydrogens is 413 g/mol. The monoisotopic (exact) mass is 435 g/mol. The number of hydrogen-bond acceptors (Lipinski definition) is 7. The summed E-state index contributed by atoms with van der Waals surface area (Å²) < 4.78 is 46.0. The van der Waals surface area contributed by atoms with Gasteiger partial charge in [0.15, 0.2) is 11.6 Å². The first-order chi connectivity index (χ1) is 13.9. The van der Waals surface area contributed by atoms with E-state index in [2.05, 4.69) is 15.3 Å². The summed E-state index contributed by atoms with van der Waals surface area (Å²) in [6, 6.07) is 3.95. The second-order valence-corrected chi connectivity index (χ2v) is 10.1. The van der Waals surface area contributed by atoms with E-state index in [9.17, 15) is 17.6 Å². The molecular formula is C19H22FN5O4S. The predicted octanol–water partition coefficient (Wildman–Crippen LogP) is 2.02.